The lowest BCUT2D eigenvalue weighted by molar-refractivity contribution is -0.143. The Bertz CT molecular complexity index is 852. The molecule has 24 heavy (non-hydrogen) atoms. The van der Waals surface area contributed by atoms with Gasteiger partial charge in [-0.2, -0.15) is 0 Å². The summed E-state index contributed by atoms with van der Waals surface area (Å²) >= 11 is 0. The molecule has 1 N–H and O–H groups in total. The minimum Gasteiger partial charge on any atom is -0.465 e. The molecule has 124 valence electrons. The van der Waals surface area contributed by atoms with E-state index in [0.29, 0.717) is 12.4 Å². The fourth-order valence-corrected chi connectivity index (χ4v) is 2.43. The quantitative estimate of drug-likeness (QED) is 0.701. The molecule has 0 aliphatic carbocycles. The third kappa shape index (κ3) is 3.29. The summed E-state index contributed by atoms with van der Waals surface area (Å²) in [6.45, 7) is 2.29. The molecule has 0 saturated heterocycles. The van der Waals surface area contributed by atoms with Gasteiger partial charge in [0.25, 0.3) is 5.91 Å². The molecule has 0 aliphatic heterocycles. The number of nitrogens with one attached hydrogen (secondary N) is 1. The number of para-hydroxylation sites is 2. The average Bonchev–Trinajstić information content (AvgIpc) is 3.22. The van der Waals surface area contributed by atoms with Crippen LogP contribution in [0, 0.1) is 0 Å². The Morgan fingerprint density at radius 3 is 2.83 bits per heavy atom. The number of carbonyl (C=O) groups excluding carboxylic acids is 2. The summed E-state index contributed by atoms with van der Waals surface area (Å²) in [5.41, 5.74) is 1.57. The predicted molar refractivity (Wildman–Crippen MR) is 86.2 cm³/mol. The first-order chi connectivity index (χ1) is 11.7. The third-order valence-electron chi connectivity index (χ3n) is 3.48. The highest BCUT2D eigenvalue weighted by Gasteiger charge is 2.16. The van der Waals surface area contributed by atoms with Crippen LogP contribution in [0.4, 0.5) is 0 Å². The number of hydrogen-bond donors (Lipinski definition) is 1. The Kier molecular flexibility index (Phi) is 4.60. The summed E-state index contributed by atoms with van der Waals surface area (Å²) in [4.78, 5) is 28.3. The first kappa shape index (κ1) is 15.8. The summed E-state index contributed by atoms with van der Waals surface area (Å²) in [5.74, 6) is 0.112. The number of hydrogen-bond acceptors (Lipinski definition) is 5. The Labute approximate surface area is 138 Å². The number of amides is 1. The maximum atomic E-state index is 12.0. The predicted octanol–water partition coefficient (Wildman–Crippen LogP) is 2.12. The molecule has 1 aromatic carbocycles. The molecule has 0 radical (unpaired) electrons. The van der Waals surface area contributed by atoms with Crippen LogP contribution in [0.3, 0.4) is 0 Å². The molecule has 0 spiro atoms. The SMILES string of the molecule is CCOC(=O)Cn1c(CNC(=O)c2ccco2)nc2ccccc21. The minimum atomic E-state index is -0.348. The van der Waals surface area contributed by atoms with E-state index in [4.69, 9.17) is 9.15 Å². The van der Waals surface area contributed by atoms with Gasteiger partial charge in [-0.3, -0.25) is 9.59 Å². The Hall–Kier alpha value is -3.09. The van der Waals surface area contributed by atoms with Crippen LogP contribution in [0.2, 0.25) is 0 Å². The van der Waals surface area contributed by atoms with E-state index in [1.165, 1.54) is 6.26 Å². The van der Waals surface area contributed by atoms with Crippen LogP contribution in [-0.4, -0.2) is 28.0 Å². The highest BCUT2D eigenvalue weighted by molar-refractivity contribution is 5.91. The Morgan fingerprint density at radius 1 is 1.25 bits per heavy atom. The highest BCUT2D eigenvalue weighted by Crippen LogP contribution is 2.16. The lowest BCUT2D eigenvalue weighted by atomic mass is 10.3. The topological polar surface area (TPSA) is 86.4 Å². The van der Waals surface area contributed by atoms with E-state index in [-0.39, 0.29) is 30.7 Å². The molecule has 0 aliphatic rings. The molecule has 0 saturated carbocycles. The van der Waals surface area contributed by atoms with Crippen LogP contribution < -0.4 is 5.32 Å². The maximum absolute atomic E-state index is 12.0. The second-order valence-corrected chi connectivity index (χ2v) is 5.07. The van der Waals surface area contributed by atoms with Gasteiger partial charge in [-0.25, -0.2) is 4.98 Å². The van der Waals surface area contributed by atoms with Crippen molar-refractivity contribution in [2.45, 2.75) is 20.0 Å². The molecule has 2 aromatic heterocycles. The van der Waals surface area contributed by atoms with Crippen molar-refractivity contribution in [3.05, 3.63) is 54.2 Å². The molecule has 2 heterocycles. The summed E-state index contributed by atoms with van der Waals surface area (Å²) < 4.78 is 11.8. The van der Waals surface area contributed by atoms with E-state index in [9.17, 15) is 9.59 Å². The van der Waals surface area contributed by atoms with Crippen LogP contribution in [0.25, 0.3) is 11.0 Å². The van der Waals surface area contributed by atoms with Crippen molar-refractivity contribution >= 4 is 22.9 Å². The van der Waals surface area contributed by atoms with E-state index >= 15 is 0 Å². The molecule has 0 unspecified atom stereocenters. The molecule has 3 aromatic rings. The molecule has 1 amide bonds. The Morgan fingerprint density at radius 2 is 2.08 bits per heavy atom. The summed E-state index contributed by atoms with van der Waals surface area (Å²) in [6.07, 6.45) is 1.44. The lowest BCUT2D eigenvalue weighted by Crippen LogP contribution is -2.25. The molecule has 7 nitrogen and oxygen atoms in total. The first-order valence-electron chi connectivity index (χ1n) is 7.60. The van der Waals surface area contributed by atoms with Gasteiger partial charge in [-0.15, -0.1) is 0 Å². The summed E-state index contributed by atoms with van der Waals surface area (Å²) in [6, 6.07) is 10.7. The summed E-state index contributed by atoms with van der Waals surface area (Å²) in [7, 11) is 0. The first-order valence-corrected chi connectivity index (χ1v) is 7.60. The smallest absolute Gasteiger partial charge is 0.326 e. The van der Waals surface area contributed by atoms with Crippen LogP contribution in [0.15, 0.2) is 47.1 Å². The molecule has 7 heteroatoms. The van der Waals surface area contributed by atoms with Gasteiger partial charge in [-0.1, -0.05) is 12.1 Å². The van der Waals surface area contributed by atoms with Gasteiger partial charge >= 0.3 is 5.97 Å². The molecule has 0 fully saturated rings. The van der Waals surface area contributed by atoms with E-state index in [1.807, 2.05) is 24.3 Å². The van der Waals surface area contributed by atoms with E-state index < -0.39 is 0 Å². The molecule has 0 bridgehead atoms. The van der Waals surface area contributed by atoms with Gasteiger partial charge in [0.05, 0.1) is 30.4 Å². The minimum absolute atomic E-state index is 0.0420. The number of esters is 1. The number of imidazole rings is 1. The van der Waals surface area contributed by atoms with Gasteiger partial charge in [0, 0.05) is 0 Å². The monoisotopic (exact) mass is 327 g/mol. The highest BCUT2D eigenvalue weighted by atomic mass is 16.5. The fraction of sp³-hybridized carbons (Fsp3) is 0.235. The zero-order valence-corrected chi connectivity index (χ0v) is 13.2. The van der Waals surface area contributed by atoms with Crippen molar-refractivity contribution in [3.8, 4) is 0 Å². The van der Waals surface area contributed by atoms with Crippen LogP contribution in [0.1, 0.15) is 23.3 Å². The van der Waals surface area contributed by atoms with Crippen molar-refractivity contribution in [2.75, 3.05) is 6.61 Å². The summed E-state index contributed by atoms with van der Waals surface area (Å²) in [5, 5.41) is 2.74. The maximum Gasteiger partial charge on any atom is 0.326 e. The van der Waals surface area contributed by atoms with Crippen molar-refractivity contribution < 1.29 is 18.7 Å². The number of benzene rings is 1. The molecular formula is C17H17N3O4. The number of rotatable bonds is 6. The van der Waals surface area contributed by atoms with E-state index in [2.05, 4.69) is 10.3 Å². The second-order valence-electron chi connectivity index (χ2n) is 5.07. The van der Waals surface area contributed by atoms with Crippen molar-refractivity contribution in [1.29, 1.82) is 0 Å². The number of ether oxygens (including phenoxy) is 1. The number of furan rings is 1. The van der Waals surface area contributed by atoms with E-state index in [0.717, 1.165) is 11.0 Å². The van der Waals surface area contributed by atoms with Gasteiger partial charge in [0.1, 0.15) is 12.4 Å². The van der Waals surface area contributed by atoms with Gasteiger partial charge < -0.3 is 19.0 Å². The number of nitrogens with zero attached hydrogens (tertiary/aromatic N) is 2. The van der Waals surface area contributed by atoms with Crippen molar-refractivity contribution in [2.24, 2.45) is 0 Å². The fourth-order valence-electron chi connectivity index (χ4n) is 2.43. The van der Waals surface area contributed by atoms with E-state index in [1.54, 1.807) is 23.6 Å². The number of fused-ring (bicyclic) bond motifs is 1. The van der Waals surface area contributed by atoms with Gasteiger partial charge in [0.15, 0.2) is 5.76 Å². The number of carbonyl (C=O) groups is 2. The largest absolute Gasteiger partial charge is 0.465 e. The van der Waals surface area contributed by atoms with Gasteiger partial charge in [0.2, 0.25) is 0 Å². The van der Waals surface area contributed by atoms with Gasteiger partial charge in [-0.05, 0) is 31.2 Å². The third-order valence-corrected chi connectivity index (χ3v) is 3.48. The van der Waals surface area contributed by atoms with Crippen molar-refractivity contribution in [3.63, 3.8) is 0 Å². The standard InChI is InChI=1S/C17H17N3O4/c1-2-23-16(21)11-20-13-7-4-3-6-12(13)19-15(20)10-18-17(22)14-8-5-9-24-14/h3-9H,2,10-11H2,1H3,(H,18,22). The second kappa shape index (κ2) is 6.99. The van der Waals surface area contributed by atoms with Crippen LogP contribution >= 0.6 is 0 Å². The van der Waals surface area contributed by atoms with Crippen LogP contribution in [0.5, 0.6) is 0 Å². The average molecular weight is 327 g/mol. The number of aromatic nitrogens is 2. The Balaban J connectivity index is 1.83. The van der Waals surface area contributed by atoms with Crippen molar-refractivity contribution in [1.82, 2.24) is 14.9 Å². The molecule has 3 rings (SSSR count). The molecule has 0 atom stereocenters. The normalized spacial score (nSPS) is 10.7. The molecular weight excluding hydrogens is 310 g/mol. The van der Waals surface area contributed by atoms with Crippen LogP contribution in [-0.2, 0) is 22.6 Å². The lowest BCUT2D eigenvalue weighted by Gasteiger charge is -2.09. The zero-order chi connectivity index (χ0) is 16.9. The zero-order valence-electron chi connectivity index (χ0n) is 13.2.